The fraction of sp³-hybridized carbons (Fsp3) is 0.700. The van der Waals surface area contributed by atoms with E-state index >= 15 is 0 Å². The molecule has 0 fully saturated rings. The fourth-order valence-electron chi connectivity index (χ4n) is 1.18. The van der Waals surface area contributed by atoms with Crippen LogP contribution in [0.15, 0.2) is 11.8 Å². The van der Waals surface area contributed by atoms with E-state index in [-0.39, 0.29) is 5.78 Å². The number of carbonyl (C=O) groups is 1. The molecule has 0 aliphatic carbocycles. The number of rotatable bonds is 1. The van der Waals surface area contributed by atoms with Crippen LogP contribution in [-0.4, -0.2) is 24.3 Å². The standard InChI is InChI=1S/C8H13NO.C2H6/c1-7(10)8-4-3-5-9(2)6-8;1-2/h6H,3-5H2,1-2H3;1-2H3. The van der Waals surface area contributed by atoms with Gasteiger partial charge in [0, 0.05) is 25.4 Å². The Morgan fingerprint density at radius 3 is 2.42 bits per heavy atom. The number of Topliss-reactive ketones (excluding diaryl/α,β-unsaturated/α-hetero) is 1. The molecule has 0 N–H and O–H groups in total. The lowest BCUT2D eigenvalue weighted by atomic mass is 10.1. The van der Waals surface area contributed by atoms with Gasteiger partial charge in [0.25, 0.3) is 0 Å². The first-order valence-corrected chi connectivity index (χ1v) is 4.62. The van der Waals surface area contributed by atoms with Crippen LogP contribution in [0, 0.1) is 0 Å². The van der Waals surface area contributed by atoms with Gasteiger partial charge in [0.2, 0.25) is 0 Å². The number of hydrogen-bond acceptors (Lipinski definition) is 2. The molecule has 1 rings (SSSR count). The van der Waals surface area contributed by atoms with E-state index in [2.05, 4.69) is 4.90 Å². The number of nitrogens with zero attached hydrogens (tertiary/aromatic N) is 1. The van der Waals surface area contributed by atoms with Crippen LogP contribution in [0.5, 0.6) is 0 Å². The van der Waals surface area contributed by atoms with Crippen molar-refractivity contribution in [2.24, 2.45) is 0 Å². The fourth-order valence-corrected chi connectivity index (χ4v) is 1.18. The molecule has 0 bridgehead atoms. The maximum atomic E-state index is 10.8. The monoisotopic (exact) mass is 169 g/mol. The van der Waals surface area contributed by atoms with E-state index in [0.717, 1.165) is 25.0 Å². The Balaban J connectivity index is 0.000000561. The minimum absolute atomic E-state index is 0.214. The normalized spacial score (nSPS) is 16.0. The first-order chi connectivity index (χ1) is 5.70. The largest absolute Gasteiger partial charge is 0.380 e. The Morgan fingerprint density at radius 2 is 2.08 bits per heavy atom. The summed E-state index contributed by atoms with van der Waals surface area (Å²) in [5.74, 6) is 0.214. The van der Waals surface area contributed by atoms with Crippen LogP contribution in [0.3, 0.4) is 0 Å². The summed E-state index contributed by atoms with van der Waals surface area (Å²) in [5, 5.41) is 0. The van der Waals surface area contributed by atoms with Crippen LogP contribution < -0.4 is 0 Å². The van der Waals surface area contributed by atoms with E-state index in [9.17, 15) is 4.79 Å². The van der Waals surface area contributed by atoms with Crippen molar-refractivity contribution in [2.75, 3.05) is 13.6 Å². The molecule has 0 unspecified atom stereocenters. The van der Waals surface area contributed by atoms with Crippen LogP contribution in [0.1, 0.15) is 33.6 Å². The van der Waals surface area contributed by atoms with Crippen molar-refractivity contribution in [2.45, 2.75) is 33.6 Å². The quantitative estimate of drug-likeness (QED) is 0.600. The summed E-state index contributed by atoms with van der Waals surface area (Å²) in [5.41, 5.74) is 0.966. The molecule has 1 heterocycles. The predicted molar refractivity (Wildman–Crippen MR) is 52.0 cm³/mol. The molecule has 0 spiro atoms. The van der Waals surface area contributed by atoms with Crippen molar-refractivity contribution in [3.05, 3.63) is 11.8 Å². The molecule has 1 aliphatic rings. The lowest BCUT2D eigenvalue weighted by molar-refractivity contribution is -0.113. The minimum atomic E-state index is 0.214. The van der Waals surface area contributed by atoms with E-state index in [1.165, 1.54) is 0 Å². The average molecular weight is 169 g/mol. The van der Waals surface area contributed by atoms with Gasteiger partial charge in [-0.3, -0.25) is 4.79 Å². The van der Waals surface area contributed by atoms with Gasteiger partial charge in [-0.2, -0.15) is 0 Å². The van der Waals surface area contributed by atoms with Crippen LogP contribution in [0.2, 0.25) is 0 Å². The van der Waals surface area contributed by atoms with Gasteiger partial charge in [0.15, 0.2) is 5.78 Å². The predicted octanol–water partition coefficient (Wildman–Crippen LogP) is 2.21. The van der Waals surface area contributed by atoms with Gasteiger partial charge >= 0.3 is 0 Å². The SMILES string of the molecule is CC.CC(=O)C1=CN(C)CCC1. The number of ketones is 1. The lowest BCUT2D eigenvalue weighted by Crippen LogP contribution is -2.19. The van der Waals surface area contributed by atoms with E-state index in [1.807, 2.05) is 27.1 Å². The zero-order chi connectivity index (χ0) is 9.56. The van der Waals surface area contributed by atoms with Crippen molar-refractivity contribution >= 4 is 5.78 Å². The third-order valence-corrected chi connectivity index (χ3v) is 1.79. The van der Waals surface area contributed by atoms with Gasteiger partial charge in [-0.25, -0.2) is 0 Å². The van der Waals surface area contributed by atoms with Crippen molar-refractivity contribution in [3.63, 3.8) is 0 Å². The summed E-state index contributed by atoms with van der Waals surface area (Å²) in [6, 6.07) is 0. The smallest absolute Gasteiger partial charge is 0.157 e. The van der Waals surface area contributed by atoms with Gasteiger partial charge in [0.05, 0.1) is 0 Å². The molecule has 0 atom stereocenters. The van der Waals surface area contributed by atoms with Gasteiger partial charge in [-0.15, -0.1) is 0 Å². The van der Waals surface area contributed by atoms with Gasteiger partial charge in [-0.1, -0.05) is 13.8 Å². The van der Waals surface area contributed by atoms with Crippen molar-refractivity contribution in [1.82, 2.24) is 4.90 Å². The molecule has 0 aromatic rings. The Morgan fingerprint density at radius 1 is 1.50 bits per heavy atom. The van der Waals surface area contributed by atoms with Crippen LogP contribution >= 0.6 is 0 Å². The van der Waals surface area contributed by atoms with E-state index in [1.54, 1.807) is 6.92 Å². The first kappa shape index (κ1) is 11.2. The summed E-state index contributed by atoms with van der Waals surface area (Å²) < 4.78 is 0. The Hall–Kier alpha value is -0.790. The van der Waals surface area contributed by atoms with Crippen molar-refractivity contribution in [1.29, 1.82) is 0 Å². The van der Waals surface area contributed by atoms with Gasteiger partial charge in [-0.05, 0) is 19.8 Å². The van der Waals surface area contributed by atoms with Crippen LogP contribution in [0.25, 0.3) is 0 Å². The summed E-state index contributed by atoms with van der Waals surface area (Å²) in [6.45, 7) is 6.71. The topological polar surface area (TPSA) is 20.3 Å². The second kappa shape index (κ2) is 5.81. The average Bonchev–Trinajstić information content (AvgIpc) is 2.08. The van der Waals surface area contributed by atoms with Crippen molar-refractivity contribution < 1.29 is 4.79 Å². The van der Waals surface area contributed by atoms with Gasteiger partial charge in [0.1, 0.15) is 0 Å². The third kappa shape index (κ3) is 3.56. The molecular weight excluding hydrogens is 150 g/mol. The lowest BCUT2D eigenvalue weighted by Gasteiger charge is -2.20. The molecular formula is C10H19NO. The number of carbonyl (C=O) groups excluding carboxylic acids is 1. The summed E-state index contributed by atoms with van der Waals surface area (Å²) in [6.07, 6.45) is 4.02. The number of allylic oxidation sites excluding steroid dienone is 1. The Bertz CT molecular complexity index is 173. The Kier molecular flexibility index (Phi) is 5.43. The molecule has 1 aliphatic heterocycles. The molecule has 0 aromatic carbocycles. The van der Waals surface area contributed by atoms with Crippen LogP contribution in [-0.2, 0) is 4.79 Å². The Labute approximate surface area is 75.3 Å². The molecule has 0 aromatic heterocycles. The second-order valence-corrected chi connectivity index (χ2v) is 2.79. The molecule has 0 radical (unpaired) electrons. The van der Waals surface area contributed by atoms with E-state index in [0.29, 0.717) is 0 Å². The van der Waals surface area contributed by atoms with Crippen LogP contribution in [0.4, 0.5) is 0 Å². The molecule has 12 heavy (non-hydrogen) atoms. The van der Waals surface area contributed by atoms with Gasteiger partial charge < -0.3 is 4.90 Å². The molecule has 2 heteroatoms. The maximum absolute atomic E-state index is 10.8. The maximum Gasteiger partial charge on any atom is 0.157 e. The molecule has 70 valence electrons. The highest BCUT2D eigenvalue weighted by molar-refractivity contribution is 5.93. The first-order valence-electron chi connectivity index (χ1n) is 4.62. The second-order valence-electron chi connectivity index (χ2n) is 2.79. The highest BCUT2D eigenvalue weighted by atomic mass is 16.1. The summed E-state index contributed by atoms with van der Waals surface area (Å²) in [4.78, 5) is 12.9. The summed E-state index contributed by atoms with van der Waals surface area (Å²) >= 11 is 0. The zero-order valence-corrected chi connectivity index (χ0v) is 8.55. The zero-order valence-electron chi connectivity index (χ0n) is 8.55. The number of hydrogen-bond donors (Lipinski definition) is 0. The molecule has 2 nitrogen and oxygen atoms in total. The highest BCUT2D eigenvalue weighted by Crippen LogP contribution is 2.13. The molecule has 0 saturated heterocycles. The minimum Gasteiger partial charge on any atom is -0.380 e. The third-order valence-electron chi connectivity index (χ3n) is 1.79. The van der Waals surface area contributed by atoms with Crippen molar-refractivity contribution in [3.8, 4) is 0 Å². The van der Waals surface area contributed by atoms with E-state index in [4.69, 9.17) is 0 Å². The molecule has 0 amide bonds. The molecule has 0 saturated carbocycles. The van der Waals surface area contributed by atoms with E-state index < -0.39 is 0 Å². The summed E-state index contributed by atoms with van der Waals surface area (Å²) in [7, 11) is 2.00. The highest BCUT2D eigenvalue weighted by Gasteiger charge is 2.09.